The maximum atomic E-state index is 13.6. The second-order valence-corrected chi connectivity index (χ2v) is 6.43. The Balaban J connectivity index is 1.74. The van der Waals surface area contributed by atoms with E-state index in [0.29, 0.717) is 10.6 Å². The summed E-state index contributed by atoms with van der Waals surface area (Å²) in [6.45, 7) is 1.75. The predicted octanol–water partition coefficient (Wildman–Crippen LogP) is 5.03. The van der Waals surface area contributed by atoms with E-state index in [-0.39, 0.29) is 17.4 Å². The zero-order valence-corrected chi connectivity index (χ0v) is 14.4. The molecule has 0 bridgehead atoms. The van der Waals surface area contributed by atoms with Crippen molar-refractivity contribution < 1.29 is 9.18 Å². The Kier molecular flexibility index (Phi) is 4.78. The minimum absolute atomic E-state index is 0.0407. The van der Waals surface area contributed by atoms with Gasteiger partial charge in [-0.1, -0.05) is 41.4 Å². The second-order valence-electron chi connectivity index (χ2n) is 5.61. The van der Waals surface area contributed by atoms with Crippen LogP contribution in [0.15, 0.2) is 42.6 Å². The van der Waals surface area contributed by atoms with Crippen molar-refractivity contribution in [1.82, 2.24) is 10.3 Å². The number of aromatic amines is 1. The highest BCUT2D eigenvalue weighted by Crippen LogP contribution is 2.28. The molecule has 2 N–H and O–H groups in total. The summed E-state index contributed by atoms with van der Waals surface area (Å²) in [5, 5.41) is 4.13. The lowest BCUT2D eigenvalue weighted by atomic mass is 10.1. The molecule has 0 fully saturated rings. The van der Waals surface area contributed by atoms with Gasteiger partial charge >= 0.3 is 0 Å². The van der Waals surface area contributed by atoms with Gasteiger partial charge in [0.25, 0.3) is 0 Å². The van der Waals surface area contributed by atoms with E-state index in [1.165, 1.54) is 12.1 Å². The molecule has 0 saturated carbocycles. The van der Waals surface area contributed by atoms with Crippen LogP contribution in [0.4, 0.5) is 4.39 Å². The number of halogens is 3. The Morgan fingerprint density at radius 2 is 2.00 bits per heavy atom. The van der Waals surface area contributed by atoms with E-state index in [2.05, 4.69) is 10.3 Å². The number of hydrogen-bond donors (Lipinski definition) is 2. The first-order chi connectivity index (χ1) is 11.5. The van der Waals surface area contributed by atoms with E-state index in [1.807, 2.05) is 30.5 Å². The normalized spacial score (nSPS) is 12.3. The number of fused-ring (bicyclic) bond motifs is 1. The van der Waals surface area contributed by atoms with Crippen molar-refractivity contribution in [3.8, 4) is 0 Å². The first-order valence-electron chi connectivity index (χ1n) is 7.44. The third kappa shape index (κ3) is 3.40. The summed E-state index contributed by atoms with van der Waals surface area (Å²) < 4.78 is 13.6. The molecule has 24 heavy (non-hydrogen) atoms. The number of carbonyl (C=O) groups is 1. The van der Waals surface area contributed by atoms with Gasteiger partial charge in [0, 0.05) is 22.1 Å². The molecule has 6 heteroatoms. The molecule has 3 aromatic rings. The van der Waals surface area contributed by atoms with Crippen molar-refractivity contribution in [2.75, 3.05) is 0 Å². The van der Waals surface area contributed by atoms with Crippen LogP contribution in [0.2, 0.25) is 10.0 Å². The van der Waals surface area contributed by atoms with E-state index >= 15 is 0 Å². The lowest BCUT2D eigenvalue weighted by Crippen LogP contribution is -2.28. The highest BCUT2D eigenvalue weighted by Gasteiger charge is 2.16. The molecule has 3 rings (SSSR count). The fourth-order valence-electron chi connectivity index (χ4n) is 2.69. The quantitative estimate of drug-likeness (QED) is 0.626. The van der Waals surface area contributed by atoms with Crippen LogP contribution in [-0.2, 0) is 11.2 Å². The average molecular weight is 365 g/mol. The summed E-state index contributed by atoms with van der Waals surface area (Å²) in [5.74, 6) is -0.729. The van der Waals surface area contributed by atoms with Gasteiger partial charge in [0.15, 0.2) is 0 Å². The molecule has 1 heterocycles. The minimum Gasteiger partial charge on any atom is -0.361 e. The Morgan fingerprint density at radius 1 is 1.25 bits per heavy atom. The van der Waals surface area contributed by atoms with Crippen LogP contribution < -0.4 is 5.32 Å². The first-order valence-corrected chi connectivity index (χ1v) is 8.20. The van der Waals surface area contributed by atoms with Crippen LogP contribution in [0, 0.1) is 5.82 Å². The van der Waals surface area contributed by atoms with Gasteiger partial charge in [0.1, 0.15) is 5.82 Å². The molecule has 0 aliphatic carbocycles. The van der Waals surface area contributed by atoms with Gasteiger partial charge in [-0.05, 0) is 36.2 Å². The van der Waals surface area contributed by atoms with Crippen molar-refractivity contribution in [3.05, 3.63) is 69.6 Å². The lowest BCUT2D eigenvalue weighted by molar-refractivity contribution is -0.121. The Bertz CT molecular complexity index is 907. The van der Waals surface area contributed by atoms with Gasteiger partial charge in [-0.2, -0.15) is 0 Å². The molecule has 1 atom stereocenters. The smallest absolute Gasteiger partial charge is 0.224 e. The molecule has 0 unspecified atom stereocenters. The van der Waals surface area contributed by atoms with Gasteiger partial charge < -0.3 is 10.3 Å². The van der Waals surface area contributed by atoms with Crippen molar-refractivity contribution in [3.63, 3.8) is 0 Å². The molecule has 3 nitrogen and oxygen atoms in total. The third-order valence-electron chi connectivity index (χ3n) is 3.91. The van der Waals surface area contributed by atoms with Gasteiger partial charge in [-0.25, -0.2) is 4.39 Å². The van der Waals surface area contributed by atoms with Crippen molar-refractivity contribution in [2.24, 2.45) is 0 Å². The number of H-pyrrole nitrogens is 1. The monoisotopic (exact) mass is 364 g/mol. The van der Waals surface area contributed by atoms with Crippen LogP contribution >= 0.6 is 23.2 Å². The molecular formula is C18H15Cl2FN2O. The number of nitrogens with one attached hydrogen (secondary N) is 2. The molecule has 2 aromatic carbocycles. The fraction of sp³-hybridized carbons (Fsp3) is 0.167. The summed E-state index contributed by atoms with van der Waals surface area (Å²) in [6.07, 6.45) is 2.05. The molecular weight excluding hydrogens is 350 g/mol. The Hall–Kier alpha value is -2.04. The van der Waals surface area contributed by atoms with Crippen molar-refractivity contribution in [1.29, 1.82) is 0 Å². The fourth-order valence-corrected chi connectivity index (χ4v) is 3.24. The number of aromatic nitrogens is 1. The molecule has 0 spiro atoms. The van der Waals surface area contributed by atoms with E-state index < -0.39 is 11.9 Å². The Labute approximate surface area is 148 Å². The maximum Gasteiger partial charge on any atom is 0.224 e. The zero-order valence-electron chi connectivity index (χ0n) is 12.9. The maximum absolute atomic E-state index is 13.6. The zero-order chi connectivity index (χ0) is 17.3. The van der Waals surface area contributed by atoms with Crippen LogP contribution in [0.25, 0.3) is 10.9 Å². The van der Waals surface area contributed by atoms with E-state index in [4.69, 9.17) is 23.2 Å². The van der Waals surface area contributed by atoms with Gasteiger partial charge in [0.05, 0.1) is 17.5 Å². The van der Waals surface area contributed by atoms with Crippen LogP contribution in [0.5, 0.6) is 0 Å². The molecule has 1 aromatic heterocycles. The summed E-state index contributed by atoms with van der Waals surface area (Å²) in [6, 6.07) is 9.94. The number of amides is 1. The second kappa shape index (κ2) is 6.83. The highest BCUT2D eigenvalue weighted by atomic mass is 35.5. The topological polar surface area (TPSA) is 44.9 Å². The molecule has 0 aliphatic heterocycles. The lowest BCUT2D eigenvalue weighted by Gasteiger charge is -2.16. The molecule has 0 aliphatic rings. The largest absolute Gasteiger partial charge is 0.361 e. The third-order valence-corrected chi connectivity index (χ3v) is 4.53. The summed E-state index contributed by atoms with van der Waals surface area (Å²) >= 11 is 11.8. The van der Waals surface area contributed by atoms with Crippen LogP contribution in [-0.4, -0.2) is 10.9 Å². The van der Waals surface area contributed by atoms with Crippen molar-refractivity contribution in [2.45, 2.75) is 19.4 Å². The molecule has 0 saturated heterocycles. The molecule has 124 valence electrons. The van der Waals surface area contributed by atoms with Gasteiger partial charge in [-0.3, -0.25) is 4.79 Å². The number of hydrogen-bond acceptors (Lipinski definition) is 1. The standard InChI is InChI=1S/C18H15Cl2FN2O/c1-10(13-7-16(21)15(20)8-14(13)19)23-18(24)6-11-9-22-17-5-3-2-4-12(11)17/h2-5,7-10,22H,6H2,1H3,(H,23,24)/t10-/m1/s1. The van der Waals surface area contributed by atoms with Gasteiger partial charge in [-0.15, -0.1) is 0 Å². The number of carbonyl (C=O) groups excluding carboxylic acids is 1. The highest BCUT2D eigenvalue weighted by molar-refractivity contribution is 6.35. The van der Waals surface area contributed by atoms with E-state index in [0.717, 1.165) is 16.5 Å². The molecule has 1 amide bonds. The average Bonchev–Trinajstić information content (AvgIpc) is 2.94. The van der Waals surface area contributed by atoms with E-state index in [1.54, 1.807) is 6.92 Å². The van der Waals surface area contributed by atoms with Gasteiger partial charge in [0.2, 0.25) is 5.91 Å². The van der Waals surface area contributed by atoms with Crippen LogP contribution in [0.3, 0.4) is 0 Å². The number of rotatable bonds is 4. The first kappa shape index (κ1) is 16.8. The van der Waals surface area contributed by atoms with E-state index in [9.17, 15) is 9.18 Å². The summed E-state index contributed by atoms with van der Waals surface area (Å²) in [5.41, 5.74) is 2.38. The van der Waals surface area contributed by atoms with Crippen molar-refractivity contribution >= 4 is 40.0 Å². The number of benzene rings is 2. The summed E-state index contributed by atoms with van der Waals surface area (Å²) in [4.78, 5) is 15.4. The summed E-state index contributed by atoms with van der Waals surface area (Å²) in [7, 11) is 0. The SMILES string of the molecule is C[C@@H](NC(=O)Cc1c[nH]c2ccccc12)c1cc(F)c(Cl)cc1Cl. The number of para-hydroxylation sites is 1. The predicted molar refractivity (Wildman–Crippen MR) is 95.0 cm³/mol. The molecule has 0 radical (unpaired) electrons. The Morgan fingerprint density at radius 3 is 2.79 bits per heavy atom. The van der Waals surface area contributed by atoms with Crippen LogP contribution in [0.1, 0.15) is 24.1 Å². The minimum atomic E-state index is -0.561.